The van der Waals surface area contributed by atoms with E-state index in [0.29, 0.717) is 17.5 Å². The van der Waals surface area contributed by atoms with Gasteiger partial charge in [0.05, 0.1) is 11.5 Å². The standard InChI is InChI=1S/C12H17NO2S/c1-10-2-4-11(5-3-10)13-12-6-8-16(14,15)9-7-12/h2-5,12-13H,6-9H2,1H3. The Morgan fingerprint density at radius 3 is 2.25 bits per heavy atom. The predicted molar refractivity (Wildman–Crippen MR) is 66.5 cm³/mol. The Balaban J connectivity index is 1.94. The van der Waals surface area contributed by atoms with E-state index in [-0.39, 0.29) is 0 Å². The molecule has 16 heavy (non-hydrogen) atoms. The highest BCUT2D eigenvalue weighted by Crippen LogP contribution is 2.18. The van der Waals surface area contributed by atoms with Gasteiger partial charge in [-0.1, -0.05) is 17.7 Å². The van der Waals surface area contributed by atoms with Crippen molar-refractivity contribution in [2.75, 3.05) is 16.8 Å². The second kappa shape index (κ2) is 4.45. The van der Waals surface area contributed by atoms with Crippen LogP contribution < -0.4 is 5.32 Å². The number of nitrogens with one attached hydrogen (secondary N) is 1. The fourth-order valence-corrected chi connectivity index (χ4v) is 3.41. The average molecular weight is 239 g/mol. The van der Waals surface area contributed by atoms with Gasteiger partial charge in [0.15, 0.2) is 0 Å². The highest BCUT2D eigenvalue weighted by molar-refractivity contribution is 7.91. The lowest BCUT2D eigenvalue weighted by Crippen LogP contribution is -2.32. The van der Waals surface area contributed by atoms with Gasteiger partial charge in [-0.25, -0.2) is 8.42 Å². The van der Waals surface area contributed by atoms with Gasteiger partial charge in [-0.05, 0) is 31.9 Å². The Bertz CT molecular complexity index is 436. The molecule has 1 fully saturated rings. The van der Waals surface area contributed by atoms with Crippen LogP contribution >= 0.6 is 0 Å². The van der Waals surface area contributed by atoms with Gasteiger partial charge in [-0.2, -0.15) is 0 Å². The molecule has 0 aliphatic carbocycles. The molecule has 1 aliphatic heterocycles. The number of anilines is 1. The largest absolute Gasteiger partial charge is 0.382 e. The molecular formula is C12H17NO2S. The van der Waals surface area contributed by atoms with Crippen LogP contribution in [0.25, 0.3) is 0 Å². The van der Waals surface area contributed by atoms with Crippen molar-refractivity contribution in [1.82, 2.24) is 0 Å². The zero-order valence-electron chi connectivity index (χ0n) is 9.44. The summed E-state index contributed by atoms with van der Waals surface area (Å²) in [6.45, 7) is 2.05. The van der Waals surface area contributed by atoms with Gasteiger partial charge >= 0.3 is 0 Å². The Morgan fingerprint density at radius 1 is 1.12 bits per heavy atom. The molecule has 88 valence electrons. The van der Waals surface area contributed by atoms with E-state index in [9.17, 15) is 8.42 Å². The lowest BCUT2D eigenvalue weighted by atomic mass is 10.1. The molecular weight excluding hydrogens is 222 g/mol. The van der Waals surface area contributed by atoms with Crippen molar-refractivity contribution in [3.05, 3.63) is 29.8 Å². The number of benzene rings is 1. The summed E-state index contributed by atoms with van der Waals surface area (Å²) in [5, 5.41) is 3.38. The highest BCUT2D eigenvalue weighted by atomic mass is 32.2. The molecule has 1 N–H and O–H groups in total. The number of hydrogen-bond acceptors (Lipinski definition) is 3. The van der Waals surface area contributed by atoms with Gasteiger partial charge in [0.1, 0.15) is 9.84 Å². The van der Waals surface area contributed by atoms with Gasteiger partial charge < -0.3 is 5.32 Å². The first kappa shape index (κ1) is 11.5. The van der Waals surface area contributed by atoms with Gasteiger partial charge in [0.2, 0.25) is 0 Å². The van der Waals surface area contributed by atoms with E-state index in [2.05, 4.69) is 24.4 Å². The summed E-state index contributed by atoms with van der Waals surface area (Å²) in [6.07, 6.45) is 1.44. The molecule has 2 rings (SSSR count). The van der Waals surface area contributed by atoms with Crippen LogP contribution in [0.15, 0.2) is 24.3 Å². The van der Waals surface area contributed by atoms with Crippen LogP contribution in [0.3, 0.4) is 0 Å². The zero-order valence-corrected chi connectivity index (χ0v) is 10.3. The highest BCUT2D eigenvalue weighted by Gasteiger charge is 2.23. The summed E-state index contributed by atoms with van der Waals surface area (Å²) in [7, 11) is -2.75. The Morgan fingerprint density at radius 2 is 1.69 bits per heavy atom. The second-order valence-electron chi connectivity index (χ2n) is 4.44. The minimum absolute atomic E-state index is 0.297. The Kier molecular flexibility index (Phi) is 3.19. The van der Waals surface area contributed by atoms with Crippen LogP contribution in [0.1, 0.15) is 18.4 Å². The molecule has 1 saturated heterocycles. The van der Waals surface area contributed by atoms with Crippen LogP contribution in [-0.2, 0) is 9.84 Å². The summed E-state index contributed by atoms with van der Waals surface area (Å²) in [5.41, 5.74) is 2.31. The topological polar surface area (TPSA) is 46.2 Å². The third-order valence-electron chi connectivity index (χ3n) is 2.98. The van der Waals surface area contributed by atoms with Gasteiger partial charge in [-0.3, -0.25) is 0 Å². The number of rotatable bonds is 2. The molecule has 3 nitrogen and oxygen atoms in total. The monoisotopic (exact) mass is 239 g/mol. The molecule has 0 radical (unpaired) electrons. The second-order valence-corrected chi connectivity index (χ2v) is 6.74. The molecule has 1 heterocycles. The molecule has 0 atom stereocenters. The maximum absolute atomic E-state index is 11.3. The molecule has 4 heteroatoms. The van der Waals surface area contributed by atoms with Crippen molar-refractivity contribution in [3.63, 3.8) is 0 Å². The molecule has 0 saturated carbocycles. The third-order valence-corrected chi connectivity index (χ3v) is 4.69. The molecule has 1 aliphatic rings. The number of sulfone groups is 1. The molecule has 0 aromatic heterocycles. The maximum Gasteiger partial charge on any atom is 0.150 e. The van der Waals surface area contributed by atoms with Gasteiger partial charge in [0.25, 0.3) is 0 Å². The van der Waals surface area contributed by atoms with Crippen molar-refractivity contribution in [3.8, 4) is 0 Å². The van der Waals surface area contributed by atoms with Crippen molar-refractivity contribution in [2.45, 2.75) is 25.8 Å². The lowest BCUT2D eigenvalue weighted by Gasteiger charge is -2.24. The van der Waals surface area contributed by atoms with Crippen LogP contribution in [0.2, 0.25) is 0 Å². The van der Waals surface area contributed by atoms with Crippen LogP contribution in [-0.4, -0.2) is 26.0 Å². The predicted octanol–water partition coefficient (Wildman–Crippen LogP) is 1.98. The first-order valence-corrected chi connectivity index (χ1v) is 7.41. The van der Waals surface area contributed by atoms with Crippen LogP contribution in [0.4, 0.5) is 5.69 Å². The molecule has 0 spiro atoms. The van der Waals surface area contributed by atoms with E-state index < -0.39 is 9.84 Å². The van der Waals surface area contributed by atoms with Gasteiger partial charge in [0, 0.05) is 11.7 Å². The van der Waals surface area contributed by atoms with Crippen molar-refractivity contribution < 1.29 is 8.42 Å². The van der Waals surface area contributed by atoms with E-state index in [4.69, 9.17) is 0 Å². The lowest BCUT2D eigenvalue weighted by molar-refractivity contribution is 0.559. The summed E-state index contributed by atoms with van der Waals surface area (Å²) in [6, 6.07) is 8.49. The van der Waals surface area contributed by atoms with Crippen molar-refractivity contribution in [1.29, 1.82) is 0 Å². The SMILES string of the molecule is Cc1ccc(NC2CCS(=O)(=O)CC2)cc1. The summed E-state index contributed by atoms with van der Waals surface area (Å²) in [4.78, 5) is 0. The minimum Gasteiger partial charge on any atom is -0.382 e. The molecule has 1 aromatic rings. The first-order valence-electron chi connectivity index (χ1n) is 5.59. The smallest absolute Gasteiger partial charge is 0.150 e. The van der Waals surface area contributed by atoms with E-state index in [0.717, 1.165) is 18.5 Å². The van der Waals surface area contributed by atoms with E-state index in [1.807, 2.05) is 12.1 Å². The molecule has 0 bridgehead atoms. The Labute approximate surface area is 96.8 Å². The summed E-state index contributed by atoms with van der Waals surface area (Å²) < 4.78 is 22.5. The third kappa shape index (κ3) is 2.98. The van der Waals surface area contributed by atoms with E-state index in [1.54, 1.807) is 0 Å². The Hall–Kier alpha value is -1.03. The fraction of sp³-hybridized carbons (Fsp3) is 0.500. The molecule has 1 aromatic carbocycles. The van der Waals surface area contributed by atoms with Crippen LogP contribution in [0, 0.1) is 6.92 Å². The molecule has 0 unspecified atom stereocenters. The average Bonchev–Trinajstić information content (AvgIpc) is 2.24. The van der Waals surface area contributed by atoms with Crippen molar-refractivity contribution in [2.24, 2.45) is 0 Å². The molecule has 0 amide bonds. The fourth-order valence-electron chi connectivity index (χ4n) is 1.92. The maximum atomic E-state index is 11.3. The van der Waals surface area contributed by atoms with E-state index >= 15 is 0 Å². The number of aryl methyl sites for hydroxylation is 1. The zero-order chi connectivity index (χ0) is 11.6. The van der Waals surface area contributed by atoms with Crippen LogP contribution in [0.5, 0.6) is 0 Å². The quantitative estimate of drug-likeness (QED) is 0.858. The van der Waals surface area contributed by atoms with Crippen molar-refractivity contribution >= 4 is 15.5 Å². The number of hydrogen-bond donors (Lipinski definition) is 1. The van der Waals surface area contributed by atoms with E-state index in [1.165, 1.54) is 5.56 Å². The first-order chi connectivity index (χ1) is 7.55. The minimum atomic E-state index is -2.75. The van der Waals surface area contributed by atoms with Gasteiger partial charge in [-0.15, -0.1) is 0 Å². The summed E-state index contributed by atoms with van der Waals surface area (Å²) in [5.74, 6) is 0.632. The normalized spacial score (nSPS) is 20.6. The summed E-state index contributed by atoms with van der Waals surface area (Å²) >= 11 is 0.